The molecule has 6 nitrogen and oxygen atoms in total. The van der Waals surface area contributed by atoms with E-state index in [-0.39, 0.29) is 6.61 Å². The number of nitrogens with one attached hydrogen (secondary N) is 1. The van der Waals surface area contributed by atoms with Gasteiger partial charge in [0.15, 0.2) is 0 Å². The molecular formula is C20H20N2O4. The first-order valence-electron chi connectivity index (χ1n) is 8.46. The van der Waals surface area contributed by atoms with Gasteiger partial charge in [-0.3, -0.25) is 14.5 Å². The smallest absolute Gasteiger partial charge is 0.326 e. The van der Waals surface area contributed by atoms with Crippen LogP contribution in [-0.2, 0) is 26.5 Å². The molecule has 1 unspecified atom stereocenters. The lowest BCUT2D eigenvalue weighted by molar-refractivity contribution is -0.149. The van der Waals surface area contributed by atoms with E-state index in [4.69, 9.17) is 4.74 Å². The first kappa shape index (κ1) is 17.7. The number of imide groups is 1. The fourth-order valence-corrected chi connectivity index (χ4v) is 3.04. The summed E-state index contributed by atoms with van der Waals surface area (Å²) in [5, 5.41) is 2.74. The molecule has 6 heteroatoms. The van der Waals surface area contributed by atoms with Gasteiger partial charge >= 0.3 is 12.0 Å². The lowest BCUT2D eigenvalue weighted by atomic mass is 9.87. The largest absolute Gasteiger partial charge is 0.459 e. The number of ether oxygens (including phenoxy) is 1. The lowest BCUT2D eigenvalue weighted by Gasteiger charge is -2.25. The summed E-state index contributed by atoms with van der Waals surface area (Å²) >= 11 is 0. The van der Waals surface area contributed by atoms with Crippen molar-refractivity contribution >= 4 is 17.9 Å². The van der Waals surface area contributed by atoms with Crippen LogP contribution in [0, 0.1) is 0 Å². The number of hydrogen-bond donors (Lipinski definition) is 1. The van der Waals surface area contributed by atoms with E-state index in [2.05, 4.69) is 5.32 Å². The van der Waals surface area contributed by atoms with Crippen molar-refractivity contribution in [3.05, 3.63) is 71.8 Å². The van der Waals surface area contributed by atoms with Gasteiger partial charge in [-0.15, -0.1) is 0 Å². The third kappa shape index (κ3) is 3.31. The van der Waals surface area contributed by atoms with Crippen molar-refractivity contribution in [3.63, 3.8) is 0 Å². The predicted octanol–water partition coefficient (Wildman–Crippen LogP) is 2.59. The maximum absolute atomic E-state index is 12.9. The molecule has 1 N–H and O–H groups in total. The molecule has 0 spiro atoms. The van der Waals surface area contributed by atoms with E-state index in [9.17, 15) is 14.4 Å². The number of benzene rings is 2. The SMILES string of the molecule is CCC1(c2ccccc2)NC(=O)N(CC(=O)OCc2ccccc2)C1=O. The minimum Gasteiger partial charge on any atom is -0.459 e. The van der Waals surface area contributed by atoms with Crippen LogP contribution >= 0.6 is 0 Å². The average Bonchev–Trinajstić information content (AvgIpc) is 2.93. The van der Waals surface area contributed by atoms with Crippen molar-refractivity contribution in [2.75, 3.05) is 6.54 Å². The van der Waals surface area contributed by atoms with Crippen LogP contribution in [-0.4, -0.2) is 29.4 Å². The van der Waals surface area contributed by atoms with Gasteiger partial charge in [0.2, 0.25) is 0 Å². The molecule has 0 bridgehead atoms. The summed E-state index contributed by atoms with van der Waals surface area (Å²) in [6.45, 7) is 1.51. The summed E-state index contributed by atoms with van der Waals surface area (Å²) in [7, 11) is 0. The van der Waals surface area contributed by atoms with Gasteiger partial charge in [0, 0.05) is 0 Å². The van der Waals surface area contributed by atoms with Crippen molar-refractivity contribution in [1.82, 2.24) is 10.2 Å². The predicted molar refractivity (Wildman–Crippen MR) is 94.9 cm³/mol. The summed E-state index contributed by atoms with van der Waals surface area (Å²) in [6, 6.07) is 17.7. The van der Waals surface area contributed by atoms with Crippen LogP contribution < -0.4 is 5.32 Å². The van der Waals surface area contributed by atoms with Gasteiger partial charge in [0.05, 0.1) is 0 Å². The molecular weight excluding hydrogens is 332 g/mol. The Hall–Kier alpha value is -3.15. The lowest BCUT2D eigenvalue weighted by Crippen LogP contribution is -2.43. The minimum atomic E-state index is -1.14. The van der Waals surface area contributed by atoms with Crippen LogP contribution in [0.5, 0.6) is 0 Å². The molecule has 0 aromatic heterocycles. The van der Waals surface area contributed by atoms with E-state index in [1.807, 2.05) is 55.5 Å². The first-order chi connectivity index (χ1) is 12.6. The maximum Gasteiger partial charge on any atom is 0.326 e. The van der Waals surface area contributed by atoms with Crippen molar-refractivity contribution in [1.29, 1.82) is 0 Å². The second kappa shape index (κ2) is 7.39. The van der Waals surface area contributed by atoms with E-state index in [0.717, 1.165) is 10.5 Å². The van der Waals surface area contributed by atoms with Crippen LogP contribution in [0.15, 0.2) is 60.7 Å². The molecule has 0 saturated carbocycles. The highest BCUT2D eigenvalue weighted by atomic mass is 16.5. The Bertz CT molecular complexity index is 807. The molecule has 1 heterocycles. The monoisotopic (exact) mass is 352 g/mol. The van der Waals surface area contributed by atoms with E-state index >= 15 is 0 Å². The summed E-state index contributed by atoms with van der Waals surface area (Å²) in [5.41, 5.74) is 0.393. The van der Waals surface area contributed by atoms with Gasteiger partial charge in [-0.1, -0.05) is 67.6 Å². The van der Waals surface area contributed by atoms with Crippen molar-refractivity contribution in [2.45, 2.75) is 25.5 Å². The molecule has 0 aliphatic carbocycles. The van der Waals surface area contributed by atoms with Crippen LogP contribution in [0.4, 0.5) is 4.79 Å². The Balaban J connectivity index is 1.70. The Morgan fingerprint density at radius 2 is 1.65 bits per heavy atom. The van der Waals surface area contributed by atoms with Gasteiger partial charge in [0.1, 0.15) is 18.7 Å². The van der Waals surface area contributed by atoms with Gasteiger partial charge in [-0.25, -0.2) is 4.79 Å². The van der Waals surface area contributed by atoms with Crippen LogP contribution in [0.1, 0.15) is 24.5 Å². The van der Waals surface area contributed by atoms with Crippen molar-refractivity contribution in [2.24, 2.45) is 0 Å². The molecule has 0 radical (unpaired) electrons. The molecule has 2 aromatic carbocycles. The number of hydrogen-bond acceptors (Lipinski definition) is 4. The zero-order chi connectivity index (χ0) is 18.6. The Kier molecular flexibility index (Phi) is 5.02. The number of carbonyl (C=O) groups is 3. The highest BCUT2D eigenvalue weighted by molar-refractivity contribution is 6.09. The Labute approximate surface area is 151 Å². The molecule has 26 heavy (non-hydrogen) atoms. The molecule has 2 aromatic rings. The second-order valence-corrected chi connectivity index (χ2v) is 6.09. The topological polar surface area (TPSA) is 75.7 Å². The quantitative estimate of drug-likeness (QED) is 0.640. The van der Waals surface area contributed by atoms with Crippen LogP contribution in [0.3, 0.4) is 0 Å². The zero-order valence-electron chi connectivity index (χ0n) is 14.5. The molecule has 1 aliphatic rings. The second-order valence-electron chi connectivity index (χ2n) is 6.09. The molecule has 3 amide bonds. The first-order valence-corrected chi connectivity index (χ1v) is 8.46. The number of urea groups is 1. The van der Waals surface area contributed by atoms with E-state index < -0.39 is 30.0 Å². The molecule has 1 atom stereocenters. The third-order valence-electron chi connectivity index (χ3n) is 4.50. The standard InChI is InChI=1S/C20H20N2O4/c1-2-20(16-11-7-4-8-12-16)18(24)22(19(25)21-20)13-17(23)26-14-15-9-5-3-6-10-15/h3-12H,2,13-14H2,1H3,(H,21,25). The minimum absolute atomic E-state index is 0.0981. The number of amides is 3. The Morgan fingerprint density at radius 3 is 2.27 bits per heavy atom. The fourth-order valence-electron chi connectivity index (χ4n) is 3.04. The van der Waals surface area contributed by atoms with Gasteiger partial charge < -0.3 is 10.1 Å². The number of rotatable bonds is 6. The van der Waals surface area contributed by atoms with Crippen LogP contribution in [0.2, 0.25) is 0 Å². The molecule has 1 fully saturated rings. The average molecular weight is 352 g/mol. The van der Waals surface area contributed by atoms with Gasteiger partial charge in [0.25, 0.3) is 5.91 Å². The third-order valence-corrected chi connectivity index (χ3v) is 4.50. The number of carbonyl (C=O) groups excluding carboxylic acids is 3. The normalized spacial score (nSPS) is 19.3. The van der Waals surface area contributed by atoms with Crippen molar-refractivity contribution < 1.29 is 19.1 Å². The van der Waals surface area contributed by atoms with E-state index in [1.54, 1.807) is 12.1 Å². The Morgan fingerprint density at radius 1 is 1.04 bits per heavy atom. The fraction of sp³-hybridized carbons (Fsp3) is 0.250. The van der Waals surface area contributed by atoms with Crippen molar-refractivity contribution in [3.8, 4) is 0 Å². The summed E-state index contributed by atoms with van der Waals surface area (Å²) in [4.78, 5) is 38.3. The molecule has 134 valence electrons. The summed E-state index contributed by atoms with van der Waals surface area (Å²) < 4.78 is 5.18. The zero-order valence-corrected chi connectivity index (χ0v) is 14.5. The van der Waals surface area contributed by atoms with Gasteiger partial charge in [-0.2, -0.15) is 0 Å². The number of nitrogens with zero attached hydrogens (tertiary/aromatic N) is 1. The van der Waals surface area contributed by atoms with Crippen LogP contribution in [0.25, 0.3) is 0 Å². The summed E-state index contributed by atoms with van der Waals surface area (Å²) in [5.74, 6) is -1.06. The highest BCUT2D eigenvalue weighted by Crippen LogP contribution is 2.32. The highest BCUT2D eigenvalue weighted by Gasteiger charge is 2.51. The molecule has 1 aliphatic heterocycles. The summed E-state index contributed by atoms with van der Waals surface area (Å²) in [6.07, 6.45) is 0.386. The maximum atomic E-state index is 12.9. The van der Waals surface area contributed by atoms with E-state index in [1.165, 1.54) is 0 Å². The molecule has 3 rings (SSSR count). The van der Waals surface area contributed by atoms with E-state index in [0.29, 0.717) is 12.0 Å². The van der Waals surface area contributed by atoms with Gasteiger partial charge in [-0.05, 0) is 17.5 Å². The molecule has 1 saturated heterocycles. The number of esters is 1.